The number of rotatable bonds is 1. The fourth-order valence-corrected chi connectivity index (χ4v) is 3.34. The van der Waals surface area contributed by atoms with Crippen LogP contribution in [0.1, 0.15) is 18.8 Å². The molecular weight excluding hydrogens is 288 g/mol. The molecule has 5 nitrogen and oxygen atoms in total. The van der Waals surface area contributed by atoms with Gasteiger partial charge in [-0.15, -0.1) is 0 Å². The Bertz CT molecular complexity index is 933. The zero-order chi connectivity index (χ0) is 16.0. The molecule has 3 aromatic rings. The number of benzene rings is 1. The quantitative estimate of drug-likeness (QED) is 0.693. The first-order valence-electron chi connectivity index (χ1n) is 7.78. The Morgan fingerprint density at radius 1 is 1.22 bits per heavy atom. The largest absolute Gasteiger partial charge is 0.297 e. The van der Waals surface area contributed by atoms with Gasteiger partial charge >= 0.3 is 0 Å². The number of hydrogen-bond donors (Lipinski definition) is 0. The monoisotopic (exact) mass is 306 g/mol. The van der Waals surface area contributed by atoms with Gasteiger partial charge in [-0.1, -0.05) is 12.1 Å². The lowest BCUT2D eigenvalue weighted by Gasteiger charge is -2.31. The van der Waals surface area contributed by atoms with Crippen LogP contribution in [0.5, 0.6) is 0 Å². The van der Waals surface area contributed by atoms with E-state index < -0.39 is 0 Å². The lowest BCUT2D eigenvalue weighted by molar-refractivity contribution is 0.222. The molecule has 1 aromatic carbocycles. The Balaban J connectivity index is 1.93. The van der Waals surface area contributed by atoms with Gasteiger partial charge < -0.3 is 0 Å². The van der Waals surface area contributed by atoms with Gasteiger partial charge in [0, 0.05) is 24.3 Å². The number of hydrogen-bond acceptors (Lipinski definition) is 4. The molecule has 0 radical (unpaired) electrons. The van der Waals surface area contributed by atoms with Crippen LogP contribution >= 0.6 is 0 Å². The average molecular weight is 306 g/mol. The summed E-state index contributed by atoms with van der Waals surface area (Å²) >= 11 is 0. The van der Waals surface area contributed by atoms with Crippen molar-refractivity contribution in [3.05, 3.63) is 58.8 Å². The third kappa shape index (κ3) is 2.33. The molecule has 1 aliphatic rings. The van der Waals surface area contributed by atoms with E-state index in [-0.39, 0.29) is 11.6 Å². The Morgan fingerprint density at radius 3 is 2.87 bits per heavy atom. The summed E-state index contributed by atoms with van der Waals surface area (Å²) in [6.07, 6.45) is 1.77. The lowest BCUT2D eigenvalue weighted by atomic mass is 10.1. The van der Waals surface area contributed by atoms with E-state index in [9.17, 15) is 4.79 Å². The predicted molar refractivity (Wildman–Crippen MR) is 90.3 cm³/mol. The maximum Gasteiger partial charge on any atom is 0.261 e. The normalized spacial score (nSPS) is 18.1. The summed E-state index contributed by atoms with van der Waals surface area (Å²) in [4.78, 5) is 24.1. The molecule has 4 rings (SSSR count). The average Bonchev–Trinajstić information content (AvgIpc) is 2.54. The van der Waals surface area contributed by atoms with E-state index in [0.29, 0.717) is 11.9 Å². The first-order chi connectivity index (χ1) is 11.1. The highest BCUT2D eigenvalue weighted by Gasteiger charge is 2.23. The molecular formula is C18H18N4O. The van der Waals surface area contributed by atoms with Crippen LogP contribution in [0.3, 0.4) is 0 Å². The minimum Gasteiger partial charge on any atom is -0.297 e. The molecule has 0 saturated heterocycles. The van der Waals surface area contributed by atoms with E-state index in [1.165, 1.54) is 0 Å². The summed E-state index contributed by atoms with van der Waals surface area (Å²) in [5, 5.41) is 0.671. The highest BCUT2D eigenvalue weighted by Crippen LogP contribution is 2.23. The van der Waals surface area contributed by atoms with E-state index in [1.54, 1.807) is 6.20 Å². The van der Waals surface area contributed by atoms with Crippen molar-refractivity contribution in [2.24, 2.45) is 0 Å². The van der Waals surface area contributed by atoms with Gasteiger partial charge in [0.1, 0.15) is 5.82 Å². The zero-order valence-electron chi connectivity index (χ0n) is 13.2. The summed E-state index contributed by atoms with van der Waals surface area (Å²) in [6.45, 7) is 3.63. The van der Waals surface area contributed by atoms with Crippen molar-refractivity contribution in [3.8, 4) is 11.3 Å². The second-order valence-corrected chi connectivity index (χ2v) is 6.20. The van der Waals surface area contributed by atoms with Gasteiger partial charge in [-0.3, -0.25) is 19.2 Å². The van der Waals surface area contributed by atoms with Gasteiger partial charge in [-0.2, -0.15) is 0 Å². The van der Waals surface area contributed by atoms with Crippen molar-refractivity contribution in [1.82, 2.24) is 19.4 Å². The van der Waals surface area contributed by atoms with E-state index in [2.05, 4.69) is 23.9 Å². The van der Waals surface area contributed by atoms with Crippen molar-refractivity contribution in [2.75, 3.05) is 13.6 Å². The Kier molecular flexibility index (Phi) is 3.23. The molecule has 116 valence electrons. The van der Waals surface area contributed by atoms with Crippen molar-refractivity contribution < 1.29 is 0 Å². The summed E-state index contributed by atoms with van der Waals surface area (Å²) in [7, 11) is 2.06. The third-order valence-electron chi connectivity index (χ3n) is 4.36. The highest BCUT2D eigenvalue weighted by atomic mass is 16.1. The second-order valence-electron chi connectivity index (χ2n) is 6.20. The van der Waals surface area contributed by atoms with Crippen LogP contribution in [-0.2, 0) is 6.54 Å². The SMILES string of the molecule is CC1CN(C)Cc2nc3cc(-c4ccccn4)ccc3c(=O)n21. The van der Waals surface area contributed by atoms with Gasteiger partial charge in [0.2, 0.25) is 0 Å². The van der Waals surface area contributed by atoms with Gasteiger partial charge in [0.05, 0.1) is 23.1 Å². The van der Waals surface area contributed by atoms with Gasteiger partial charge in [-0.05, 0) is 38.2 Å². The summed E-state index contributed by atoms with van der Waals surface area (Å²) in [5.41, 5.74) is 2.66. The van der Waals surface area contributed by atoms with E-state index >= 15 is 0 Å². The maximum atomic E-state index is 12.8. The zero-order valence-corrected chi connectivity index (χ0v) is 13.2. The van der Waals surface area contributed by atoms with Crippen LogP contribution in [0.25, 0.3) is 22.2 Å². The van der Waals surface area contributed by atoms with Crippen molar-refractivity contribution >= 4 is 10.9 Å². The summed E-state index contributed by atoms with van der Waals surface area (Å²) in [6, 6.07) is 11.7. The molecule has 0 aliphatic carbocycles. The molecule has 0 amide bonds. The summed E-state index contributed by atoms with van der Waals surface area (Å²) < 4.78 is 1.84. The number of nitrogens with zero attached hydrogens (tertiary/aromatic N) is 4. The molecule has 3 heterocycles. The van der Waals surface area contributed by atoms with Crippen LogP contribution in [0, 0.1) is 0 Å². The van der Waals surface area contributed by atoms with Crippen LogP contribution in [0.4, 0.5) is 0 Å². The Morgan fingerprint density at radius 2 is 2.09 bits per heavy atom. The fraction of sp³-hybridized carbons (Fsp3) is 0.278. The lowest BCUT2D eigenvalue weighted by Crippen LogP contribution is -2.40. The molecule has 1 aliphatic heterocycles. The first-order valence-corrected chi connectivity index (χ1v) is 7.78. The molecule has 0 N–H and O–H groups in total. The van der Waals surface area contributed by atoms with Crippen molar-refractivity contribution in [3.63, 3.8) is 0 Å². The number of fused-ring (bicyclic) bond motifs is 2. The maximum absolute atomic E-state index is 12.8. The topological polar surface area (TPSA) is 51.0 Å². The molecule has 0 fully saturated rings. The molecule has 23 heavy (non-hydrogen) atoms. The number of aromatic nitrogens is 3. The number of pyridine rings is 1. The van der Waals surface area contributed by atoms with Crippen molar-refractivity contribution in [1.29, 1.82) is 0 Å². The molecule has 1 atom stereocenters. The smallest absolute Gasteiger partial charge is 0.261 e. The Labute approximate surface area is 134 Å². The van der Waals surface area contributed by atoms with E-state index in [1.807, 2.05) is 41.0 Å². The van der Waals surface area contributed by atoms with Crippen molar-refractivity contribution in [2.45, 2.75) is 19.5 Å². The van der Waals surface area contributed by atoms with Crippen LogP contribution < -0.4 is 5.56 Å². The van der Waals surface area contributed by atoms with Gasteiger partial charge in [0.25, 0.3) is 5.56 Å². The molecule has 0 bridgehead atoms. The molecule has 0 saturated carbocycles. The Hall–Kier alpha value is -2.53. The van der Waals surface area contributed by atoms with Gasteiger partial charge in [-0.25, -0.2) is 4.98 Å². The van der Waals surface area contributed by atoms with E-state index in [0.717, 1.165) is 29.1 Å². The van der Waals surface area contributed by atoms with Crippen LogP contribution in [0.15, 0.2) is 47.4 Å². The molecule has 2 aromatic heterocycles. The highest BCUT2D eigenvalue weighted by molar-refractivity contribution is 5.83. The van der Waals surface area contributed by atoms with Gasteiger partial charge in [0.15, 0.2) is 0 Å². The minimum atomic E-state index is 0.0539. The summed E-state index contributed by atoms with van der Waals surface area (Å²) in [5.74, 6) is 0.835. The number of likely N-dealkylation sites (N-methyl/N-ethyl adjacent to an activating group) is 1. The standard InChI is InChI=1S/C18H18N4O/c1-12-10-21(2)11-17-20-16-9-13(15-5-3-4-8-19-15)6-7-14(16)18(23)22(12)17/h3-9,12H,10-11H2,1-2H3. The third-order valence-corrected chi connectivity index (χ3v) is 4.36. The second kappa shape index (κ2) is 5.28. The molecule has 1 unspecified atom stereocenters. The minimum absolute atomic E-state index is 0.0539. The molecule has 5 heteroatoms. The van der Waals surface area contributed by atoms with E-state index in [4.69, 9.17) is 4.98 Å². The molecule has 0 spiro atoms. The van der Waals surface area contributed by atoms with Crippen LogP contribution in [0.2, 0.25) is 0 Å². The fourth-order valence-electron chi connectivity index (χ4n) is 3.34. The van der Waals surface area contributed by atoms with Crippen LogP contribution in [-0.4, -0.2) is 33.0 Å². The first kappa shape index (κ1) is 14.1. The predicted octanol–water partition coefficient (Wildman–Crippen LogP) is 2.46.